The number of hydrogen-bond donors (Lipinski definition) is 0. The van der Waals surface area contributed by atoms with Gasteiger partial charge in [0.2, 0.25) is 0 Å². The summed E-state index contributed by atoms with van der Waals surface area (Å²) in [5.74, 6) is -5.10. The topological polar surface area (TPSA) is 184 Å². The molecule has 0 saturated heterocycles. The summed E-state index contributed by atoms with van der Waals surface area (Å²) in [4.78, 5) is 89.0. The zero-order chi connectivity index (χ0) is 51.9. The standard InChI is InChI=1S/C33H44O8.C22H32O6/c1-31(2,3)40-29(36)33(30(37)41-32(4,5)6,21-13-19-27(34)38-23-25-15-9-7-10-16-25)22-14-20-28(35)39-24-26-17-11-8-12-18-26;1-21(2,3)27-19(24)17(20(25)28-22(4,5)6)13-10-14-18(23)26-15-16-11-8-7-9-12-16/h7-12,15-18H,13-14,19-24H2,1-6H3;7-9,11-12,17H,10,13-15H2,1-6H3. The predicted molar refractivity (Wildman–Crippen MR) is 260 cm³/mol. The summed E-state index contributed by atoms with van der Waals surface area (Å²) in [6.07, 6.45) is 0.941. The van der Waals surface area contributed by atoms with Gasteiger partial charge in [-0.05, 0) is 138 Å². The molecule has 0 spiro atoms. The highest BCUT2D eigenvalue weighted by Crippen LogP contribution is 2.37. The minimum Gasteiger partial charge on any atom is -0.461 e. The Labute approximate surface area is 409 Å². The minimum absolute atomic E-state index is 0.000698. The summed E-state index contributed by atoms with van der Waals surface area (Å²) in [6, 6.07) is 28.0. The third kappa shape index (κ3) is 25.8. The Bertz CT molecular complexity index is 1950. The second-order valence-electron chi connectivity index (χ2n) is 20.7. The Morgan fingerprint density at radius 3 is 0.942 bits per heavy atom. The Hall–Kier alpha value is -6.05. The Kier molecular flexibility index (Phi) is 23.8. The molecule has 3 aromatic carbocycles. The molecule has 14 nitrogen and oxygen atoms in total. The van der Waals surface area contributed by atoms with Crippen LogP contribution in [0.5, 0.6) is 0 Å². The van der Waals surface area contributed by atoms with Gasteiger partial charge in [0.25, 0.3) is 0 Å². The maximum absolute atomic E-state index is 13.6. The van der Waals surface area contributed by atoms with E-state index in [4.69, 9.17) is 33.2 Å². The van der Waals surface area contributed by atoms with Crippen LogP contribution in [0.25, 0.3) is 0 Å². The van der Waals surface area contributed by atoms with Crippen molar-refractivity contribution in [3.63, 3.8) is 0 Å². The van der Waals surface area contributed by atoms with E-state index in [9.17, 15) is 33.6 Å². The van der Waals surface area contributed by atoms with E-state index in [1.807, 2.05) is 91.0 Å². The van der Waals surface area contributed by atoms with Crippen LogP contribution in [-0.2, 0) is 86.5 Å². The van der Waals surface area contributed by atoms with Gasteiger partial charge in [-0.3, -0.25) is 33.6 Å². The van der Waals surface area contributed by atoms with Crippen molar-refractivity contribution in [3.05, 3.63) is 108 Å². The molecule has 0 atom stereocenters. The van der Waals surface area contributed by atoms with E-state index in [2.05, 4.69) is 0 Å². The predicted octanol–water partition coefficient (Wildman–Crippen LogP) is 10.7. The molecule has 0 fully saturated rings. The first-order valence-electron chi connectivity index (χ1n) is 23.6. The lowest BCUT2D eigenvalue weighted by atomic mass is 9.77. The number of carbonyl (C=O) groups is 7. The molecule has 0 amide bonds. The third-order valence-corrected chi connectivity index (χ3v) is 9.53. The average molecular weight is 961 g/mol. The first-order valence-corrected chi connectivity index (χ1v) is 23.6. The fraction of sp³-hybridized carbons (Fsp3) is 0.545. The van der Waals surface area contributed by atoms with E-state index in [0.717, 1.165) is 16.7 Å². The van der Waals surface area contributed by atoms with Crippen LogP contribution in [0.2, 0.25) is 0 Å². The monoisotopic (exact) mass is 961 g/mol. The van der Waals surface area contributed by atoms with Crippen molar-refractivity contribution in [1.29, 1.82) is 0 Å². The molecule has 0 aromatic heterocycles. The van der Waals surface area contributed by atoms with Crippen LogP contribution in [0.4, 0.5) is 0 Å². The zero-order valence-corrected chi connectivity index (χ0v) is 42.9. The van der Waals surface area contributed by atoms with Gasteiger partial charge in [0.15, 0.2) is 11.3 Å². The maximum Gasteiger partial charge on any atom is 0.324 e. The number of carbonyl (C=O) groups excluding carboxylic acids is 7. The summed E-state index contributed by atoms with van der Waals surface area (Å²) >= 11 is 0. The average Bonchev–Trinajstić information content (AvgIpc) is 3.24. The molecule has 0 aliphatic carbocycles. The van der Waals surface area contributed by atoms with Crippen LogP contribution >= 0.6 is 0 Å². The Morgan fingerprint density at radius 2 is 0.667 bits per heavy atom. The van der Waals surface area contributed by atoms with Crippen molar-refractivity contribution < 1.29 is 66.7 Å². The highest BCUT2D eigenvalue weighted by Gasteiger charge is 2.50. The fourth-order valence-electron chi connectivity index (χ4n) is 6.40. The smallest absolute Gasteiger partial charge is 0.324 e. The van der Waals surface area contributed by atoms with E-state index in [1.165, 1.54) is 0 Å². The van der Waals surface area contributed by atoms with Gasteiger partial charge < -0.3 is 33.2 Å². The molecule has 0 unspecified atom stereocenters. The Balaban J connectivity index is 0.000000509. The van der Waals surface area contributed by atoms with Crippen molar-refractivity contribution in [3.8, 4) is 0 Å². The molecule has 0 aliphatic heterocycles. The van der Waals surface area contributed by atoms with E-state index in [0.29, 0.717) is 6.42 Å². The number of benzene rings is 3. The number of ether oxygens (including phenoxy) is 7. The van der Waals surface area contributed by atoms with Gasteiger partial charge in [0, 0.05) is 19.3 Å². The van der Waals surface area contributed by atoms with Crippen molar-refractivity contribution in [2.45, 2.75) is 183 Å². The molecule has 69 heavy (non-hydrogen) atoms. The molecule has 0 aliphatic rings. The van der Waals surface area contributed by atoms with Crippen LogP contribution in [0.1, 0.15) is 158 Å². The van der Waals surface area contributed by atoms with Gasteiger partial charge in [-0.2, -0.15) is 0 Å². The van der Waals surface area contributed by atoms with Crippen molar-refractivity contribution >= 4 is 41.8 Å². The van der Waals surface area contributed by atoms with Gasteiger partial charge in [-0.15, -0.1) is 0 Å². The summed E-state index contributed by atoms with van der Waals surface area (Å²) in [5.41, 5.74) is -2.26. The second kappa shape index (κ2) is 27.8. The van der Waals surface area contributed by atoms with Crippen molar-refractivity contribution in [1.82, 2.24) is 0 Å². The molecule has 14 heteroatoms. The van der Waals surface area contributed by atoms with Crippen LogP contribution in [0.15, 0.2) is 91.0 Å². The molecular formula is C55H76O14. The fourth-order valence-corrected chi connectivity index (χ4v) is 6.40. The number of hydrogen-bond acceptors (Lipinski definition) is 14. The van der Waals surface area contributed by atoms with Gasteiger partial charge in [-0.1, -0.05) is 91.0 Å². The number of esters is 7. The van der Waals surface area contributed by atoms with Gasteiger partial charge in [-0.25, -0.2) is 0 Å². The molecule has 3 aromatic rings. The van der Waals surface area contributed by atoms with E-state index in [-0.39, 0.29) is 77.2 Å². The SMILES string of the molecule is CC(C)(C)OC(=O)C(CCCC(=O)OCc1ccccc1)(CCCC(=O)OCc1ccccc1)C(=O)OC(C)(C)C.CC(C)(C)OC(=O)C(CCCC(=O)OCc1ccccc1)C(=O)OC(C)(C)C. The molecule has 0 radical (unpaired) electrons. The highest BCUT2D eigenvalue weighted by atomic mass is 16.6. The lowest BCUT2D eigenvalue weighted by Crippen LogP contribution is -2.47. The van der Waals surface area contributed by atoms with Crippen LogP contribution in [0, 0.1) is 11.3 Å². The van der Waals surface area contributed by atoms with Crippen LogP contribution in [0.3, 0.4) is 0 Å². The molecule has 0 N–H and O–H groups in total. The van der Waals surface area contributed by atoms with E-state index >= 15 is 0 Å². The molecule has 380 valence electrons. The first-order chi connectivity index (χ1) is 32.1. The van der Waals surface area contributed by atoms with Gasteiger partial charge >= 0.3 is 41.8 Å². The normalized spacial score (nSPS) is 11.8. The highest BCUT2D eigenvalue weighted by molar-refractivity contribution is 6.00. The van der Waals surface area contributed by atoms with Gasteiger partial charge in [0.1, 0.15) is 42.2 Å². The summed E-state index contributed by atoms with van der Waals surface area (Å²) < 4.78 is 38.0. The molecular weight excluding hydrogens is 885 g/mol. The summed E-state index contributed by atoms with van der Waals surface area (Å²) in [7, 11) is 0. The summed E-state index contributed by atoms with van der Waals surface area (Å²) in [6.45, 7) is 21.2. The lowest BCUT2D eigenvalue weighted by molar-refractivity contribution is -0.188. The number of rotatable bonds is 22. The maximum atomic E-state index is 13.6. The van der Waals surface area contributed by atoms with E-state index < -0.39 is 69.6 Å². The largest absolute Gasteiger partial charge is 0.461 e. The second-order valence-corrected chi connectivity index (χ2v) is 20.7. The third-order valence-electron chi connectivity index (χ3n) is 9.53. The van der Waals surface area contributed by atoms with Crippen LogP contribution in [-0.4, -0.2) is 64.2 Å². The first kappa shape index (κ1) is 59.1. The summed E-state index contributed by atoms with van der Waals surface area (Å²) in [5, 5.41) is 0. The van der Waals surface area contributed by atoms with Crippen LogP contribution < -0.4 is 0 Å². The van der Waals surface area contributed by atoms with Gasteiger partial charge in [0.05, 0.1) is 0 Å². The molecule has 0 heterocycles. The lowest BCUT2D eigenvalue weighted by Gasteiger charge is -2.35. The molecule has 0 saturated carbocycles. The quantitative estimate of drug-likeness (QED) is 0.0526. The van der Waals surface area contributed by atoms with Crippen molar-refractivity contribution in [2.24, 2.45) is 11.3 Å². The van der Waals surface area contributed by atoms with E-state index in [1.54, 1.807) is 83.1 Å². The Morgan fingerprint density at radius 1 is 0.391 bits per heavy atom. The molecule has 3 rings (SSSR count). The molecule has 0 bridgehead atoms. The van der Waals surface area contributed by atoms with Crippen molar-refractivity contribution in [2.75, 3.05) is 0 Å². The zero-order valence-electron chi connectivity index (χ0n) is 42.9. The minimum atomic E-state index is -1.71.